The van der Waals surface area contributed by atoms with Crippen molar-refractivity contribution in [3.63, 3.8) is 0 Å². The zero-order chi connectivity index (χ0) is 8.10. The van der Waals surface area contributed by atoms with Crippen LogP contribution in [0.25, 0.3) is 6.20 Å². The molecular formula is C8H8NO2+. The van der Waals surface area contributed by atoms with Crippen LogP contribution in [0.4, 0.5) is 0 Å². The summed E-state index contributed by atoms with van der Waals surface area (Å²) in [4.78, 5) is 10.1. The van der Waals surface area contributed by atoms with Gasteiger partial charge >= 0.3 is 5.97 Å². The molecule has 0 aliphatic carbocycles. The lowest BCUT2D eigenvalue weighted by molar-refractivity contribution is -0.568. The minimum Gasteiger partial charge on any atom is -0.478 e. The van der Waals surface area contributed by atoms with Gasteiger partial charge in [-0.3, -0.25) is 0 Å². The van der Waals surface area contributed by atoms with Crippen LogP contribution < -0.4 is 4.57 Å². The third kappa shape index (κ3) is 2.62. The Labute approximate surface area is 64.2 Å². The van der Waals surface area contributed by atoms with E-state index in [1.165, 1.54) is 6.20 Å². The molecule has 0 unspecified atom stereocenters. The van der Waals surface area contributed by atoms with Gasteiger partial charge in [-0.15, -0.1) is 0 Å². The van der Waals surface area contributed by atoms with Crippen LogP contribution in [-0.2, 0) is 4.79 Å². The number of nitrogens with zero attached hydrogens (tertiary/aromatic N) is 1. The SMILES string of the molecule is O=C(O)C=C[n+]1ccccc1. The minimum absolute atomic E-state index is 0.943. The predicted molar refractivity (Wildman–Crippen MR) is 39.6 cm³/mol. The smallest absolute Gasteiger partial charge is 0.334 e. The van der Waals surface area contributed by atoms with Gasteiger partial charge in [0.15, 0.2) is 18.6 Å². The van der Waals surface area contributed by atoms with E-state index in [0.29, 0.717) is 0 Å². The van der Waals surface area contributed by atoms with Crippen LogP contribution in [0.1, 0.15) is 0 Å². The lowest BCUT2D eigenvalue weighted by Gasteiger charge is -1.82. The Kier molecular flexibility index (Phi) is 2.38. The first-order valence-electron chi connectivity index (χ1n) is 3.16. The molecule has 0 saturated heterocycles. The molecule has 1 rings (SSSR count). The normalized spacial score (nSPS) is 10.2. The lowest BCUT2D eigenvalue weighted by Crippen LogP contribution is -2.23. The van der Waals surface area contributed by atoms with Crippen molar-refractivity contribution >= 4 is 12.2 Å². The fraction of sp³-hybridized carbons (Fsp3) is 0. The molecule has 1 aromatic rings. The van der Waals surface area contributed by atoms with Crippen molar-refractivity contribution in [3.05, 3.63) is 36.7 Å². The third-order valence-electron chi connectivity index (χ3n) is 1.13. The van der Waals surface area contributed by atoms with E-state index in [1.54, 1.807) is 17.0 Å². The van der Waals surface area contributed by atoms with E-state index >= 15 is 0 Å². The molecular weight excluding hydrogens is 142 g/mol. The summed E-state index contributed by atoms with van der Waals surface area (Å²) in [6, 6.07) is 5.52. The van der Waals surface area contributed by atoms with Crippen LogP contribution in [0, 0.1) is 0 Å². The van der Waals surface area contributed by atoms with E-state index in [4.69, 9.17) is 5.11 Å². The van der Waals surface area contributed by atoms with Gasteiger partial charge < -0.3 is 5.11 Å². The summed E-state index contributed by atoms with van der Waals surface area (Å²) >= 11 is 0. The number of aromatic nitrogens is 1. The van der Waals surface area contributed by atoms with E-state index in [-0.39, 0.29) is 0 Å². The van der Waals surface area contributed by atoms with Crippen molar-refractivity contribution in [2.24, 2.45) is 0 Å². The Balaban J connectivity index is 2.72. The highest BCUT2D eigenvalue weighted by atomic mass is 16.4. The van der Waals surface area contributed by atoms with Crippen LogP contribution >= 0.6 is 0 Å². The van der Waals surface area contributed by atoms with E-state index in [1.807, 2.05) is 18.2 Å². The van der Waals surface area contributed by atoms with Gasteiger partial charge in [0.1, 0.15) is 0 Å². The second kappa shape index (κ2) is 3.51. The van der Waals surface area contributed by atoms with Gasteiger partial charge in [-0.2, -0.15) is 4.57 Å². The maximum absolute atomic E-state index is 10.1. The monoisotopic (exact) mass is 150 g/mol. The number of carboxylic acids is 1. The first kappa shape index (κ1) is 7.47. The molecule has 0 radical (unpaired) electrons. The highest BCUT2D eigenvalue weighted by Gasteiger charge is 1.91. The number of pyridine rings is 1. The molecule has 56 valence electrons. The van der Waals surface area contributed by atoms with E-state index in [9.17, 15) is 4.79 Å². The molecule has 0 saturated carbocycles. The molecule has 1 aromatic heterocycles. The van der Waals surface area contributed by atoms with Crippen molar-refractivity contribution in [1.82, 2.24) is 0 Å². The van der Waals surface area contributed by atoms with Gasteiger partial charge in [-0.25, -0.2) is 4.79 Å². The average Bonchev–Trinajstić information content (AvgIpc) is 2.03. The summed E-state index contributed by atoms with van der Waals surface area (Å²) in [5.41, 5.74) is 0. The Morgan fingerprint density at radius 2 is 1.91 bits per heavy atom. The minimum atomic E-state index is -0.943. The second-order valence-corrected chi connectivity index (χ2v) is 1.98. The van der Waals surface area contributed by atoms with Gasteiger partial charge in [-0.05, 0) is 0 Å². The van der Waals surface area contributed by atoms with Crippen LogP contribution in [0.15, 0.2) is 36.7 Å². The molecule has 11 heavy (non-hydrogen) atoms. The molecule has 0 aromatic carbocycles. The average molecular weight is 150 g/mol. The molecule has 0 aliphatic rings. The Hall–Kier alpha value is -1.64. The number of carboxylic acid groups (broad SMARTS) is 1. The summed E-state index contributed by atoms with van der Waals surface area (Å²) in [6.45, 7) is 0. The number of rotatable bonds is 2. The molecule has 0 bridgehead atoms. The van der Waals surface area contributed by atoms with Crippen LogP contribution in [0.5, 0.6) is 0 Å². The largest absolute Gasteiger partial charge is 0.478 e. The zero-order valence-electron chi connectivity index (χ0n) is 5.84. The standard InChI is InChI=1S/C8H7NO2/c10-8(11)4-7-9-5-2-1-3-6-9/h1-7H/p+1. The van der Waals surface area contributed by atoms with Crippen molar-refractivity contribution in [3.8, 4) is 0 Å². The van der Waals surface area contributed by atoms with Crippen LogP contribution in [0.3, 0.4) is 0 Å². The Morgan fingerprint density at radius 1 is 1.27 bits per heavy atom. The molecule has 1 heterocycles. The van der Waals surface area contributed by atoms with Crippen LogP contribution in [-0.4, -0.2) is 11.1 Å². The van der Waals surface area contributed by atoms with Gasteiger partial charge in [-0.1, -0.05) is 6.07 Å². The van der Waals surface area contributed by atoms with Crippen molar-refractivity contribution in [1.29, 1.82) is 0 Å². The quantitative estimate of drug-likeness (QED) is 0.493. The number of hydrogen-bond acceptors (Lipinski definition) is 1. The molecule has 0 aliphatic heterocycles. The van der Waals surface area contributed by atoms with E-state index in [2.05, 4.69) is 0 Å². The fourth-order valence-electron chi connectivity index (χ4n) is 0.661. The maximum Gasteiger partial charge on any atom is 0.334 e. The van der Waals surface area contributed by atoms with Crippen molar-refractivity contribution in [2.45, 2.75) is 0 Å². The molecule has 3 heteroatoms. The fourth-order valence-corrected chi connectivity index (χ4v) is 0.661. The summed E-state index contributed by atoms with van der Waals surface area (Å²) < 4.78 is 1.66. The zero-order valence-corrected chi connectivity index (χ0v) is 5.84. The van der Waals surface area contributed by atoms with Crippen molar-refractivity contribution < 1.29 is 14.5 Å². The van der Waals surface area contributed by atoms with Crippen LogP contribution in [0.2, 0.25) is 0 Å². The first-order valence-corrected chi connectivity index (χ1v) is 3.16. The van der Waals surface area contributed by atoms with Gasteiger partial charge in [0.2, 0.25) is 0 Å². The molecule has 0 spiro atoms. The molecule has 0 amide bonds. The van der Waals surface area contributed by atoms with E-state index in [0.717, 1.165) is 6.08 Å². The Morgan fingerprint density at radius 3 is 2.45 bits per heavy atom. The summed E-state index contributed by atoms with van der Waals surface area (Å²) in [6.07, 6.45) is 6.08. The predicted octanol–water partition coefficient (Wildman–Crippen LogP) is 0.529. The number of carbonyl (C=O) groups is 1. The summed E-state index contributed by atoms with van der Waals surface area (Å²) in [7, 11) is 0. The molecule has 0 fully saturated rings. The number of aliphatic carboxylic acids is 1. The molecule has 3 nitrogen and oxygen atoms in total. The molecule has 1 N–H and O–H groups in total. The van der Waals surface area contributed by atoms with Gasteiger partial charge in [0, 0.05) is 12.1 Å². The second-order valence-electron chi connectivity index (χ2n) is 1.98. The van der Waals surface area contributed by atoms with Gasteiger partial charge in [0.25, 0.3) is 0 Å². The Bertz CT molecular complexity index is 267. The lowest BCUT2D eigenvalue weighted by atomic mass is 10.5. The van der Waals surface area contributed by atoms with Gasteiger partial charge in [0.05, 0.1) is 6.08 Å². The summed E-state index contributed by atoms with van der Waals surface area (Å²) in [5, 5.41) is 8.27. The maximum atomic E-state index is 10.1. The topological polar surface area (TPSA) is 41.2 Å². The van der Waals surface area contributed by atoms with Crippen molar-refractivity contribution in [2.75, 3.05) is 0 Å². The van der Waals surface area contributed by atoms with E-state index < -0.39 is 5.97 Å². The third-order valence-corrected chi connectivity index (χ3v) is 1.13. The number of hydrogen-bond donors (Lipinski definition) is 1. The highest BCUT2D eigenvalue weighted by molar-refractivity contribution is 5.82. The first-order chi connectivity index (χ1) is 5.29. The highest BCUT2D eigenvalue weighted by Crippen LogP contribution is 1.77. The summed E-state index contributed by atoms with van der Waals surface area (Å²) in [5.74, 6) is -0.943. The molecule has 0 atom stereocenters.